The van der Waals surface area contributed by atoms with Crippen molar-refractivity contribution in [1.29, 1.82) is 0 Å². The molecule has 20 heavy (non-hydrogen) atoms. The lowest BCUT2D eigenvalue weighted by Crippen LogP contribution is -2.20. The van der Waals surface area contributed by atoms with E-state index >= 15 is 0 Å². The molecule has 1 aliphatic rings. The molecule has 1 aliphatic carbocycles. The molecule has 1 aromatic rings. The van der Waals surface area contributed by atoms with E-state index in [0.717, 1.165) is 18.4 Å². The van der Waals surface area contributed by atoms with Crippen LogP contribution in [0.15, 0.2) is 10.5 Å². The minimum atomic E-state index is -0.995. The van der Waals surface area contributed by atoms with Gasteiger partial charge in [-0.1, -0.05) is 26.2 Å². The van der Waals surface area contributed by atoms with Crippen molar-refractivity contribution < 1.29 is 14.3 Å². The van der Waals surface area contributed by atoms with E-state index in [1.807, 2.05) is 0 Å². The third-order valence-corrected chi connectivity index (χ3v) is 4.24. The van der Waals surface area contributed by atoms with Gasteiger partial charge in [-0.15, -0.1) is 0 Å². The van der Waals surface area contributed by atoms with Gasteiger partial charge in [0.05, 0.1) is 6.54 Å². The number of furan rings is 1. The van der Waals surface area contributed by atoms with E-state index in [1.54, 1.807) is 13.0 Å². The van der Waals surface area contributed by atoms with Crippen LogP contribution in [0.4, 0.5) is 0 Å². The smallest absolute Gasteiger partial charge is 0.372 e. The Morgan fingerprint density at radius 1 is 1.50 bits per heavy atom. The molecule has 0 aromatic carbocycles. The molecule has 2 unspecified atom stereocenters. The molecule has 1 aromatic heterocycles. The van der Waals surface area contributed by atoms with Gasteiger partial charge in [-0.3, -0.25) is 0 Å². The topological polar surface area (TPSA) is 62.5 Å². The van der Waals surface area contributed by atoms with Crippen LogP contribution in [0.2, 0.25) is 0 Å². The fraction of sp³-hybridized carbons (Fsp3) is 0.688. The summed E-state index contributed by atoms with van der Waals surface area (Å²) >= 11 is 0. The lowest BCUT2D eigenvalue weighted by atomic mass is 9.81. The molecule has 2 atom stereocenters. The first-order chi connectivity index (χ1) is 9.56. The second-order valence-corrected chi connectivity index (χ2v) is 6.13. The third kappa shape index (κ3) is 4.10. The predicted molar refractivity (Wildman–Crippen MR) is 77.9 cm³/mol. The molecule has 4 nitrogen and oxygen atoms in total. The van der Waals surface area contributed by atoms with Gasteiger partial charge < -0.3 is 14.8 Å². The minimum Gasteiger partial charge on any atom is -0.475 e. The first-order valence-corrected chi connectivity index (χ1v) is 7.59. The molecule has 0 saturated heterocycles. The summed E-state index contributed by atoms with van der Waals surface area (Å²) in [5.74, 6) is 1.49. The quantitative estimate of drug-likeness (QED) is 0.781. The molecule has 4 heteroatoms. The Balaban J connectivity index is 1.70. The largest absolute Gasteiger partial charge is 0.475 e. The second-order valence-electron chi connectivity index (χ2n) is 6.13. The normalized spacial score (nSPS) is 22.9. The van der Waals surface area contributed by atoms with E-state index in [9.17, 15) is 4.79 Å². The Morgan fingerprint density at radius 2 is 2.30 bits per heavy atom. The number of rotatable bonds is 6. The van der Waals surface area contributed by atoms with E-state index in [1.165, 1.54) is 32.1 Å². The Labute approximate surface area is 120 Å². The average Bonchev–Trinajstić information content (AvgIpc) is 2.76. The molecule has 0 spiro atoms. The van der Waals surface area contributed by atoms with Crippen molar-refractivity contribution in [3.8, 4) is 0 Å². The zero-order chi connectivity index (χ0) is 14.5. The van der Waals surface area contributed by atoms with Crippen LogP contribution in [0.25, 0.3) is 0 Å². The summed E-state index contributed by atoms with van der Waals surface area (Å²) in [5.41, 5.74) is 0.690. The average molecular weight is 279 g/mol. The number of carbonyl (C=O) groups is 1. The zero-order valence-corrected chi connectivity index (χ0v) is 12.4. The first kappa shape index (κ1) is 15.1. The Morgan fingerprint density at radius 3 is 2.95 bits per heavy atom. The van der Waals surface area contributed by atoms with E-state index < -0.39 is 5.97 Å². The molecule has 112 valence electrons. The number of carboxylic acids is 1. The number of carboxylic acid groups (broad SMARTS) is 1. The molecule has 1 heterocycles. The lowest BCUT2D eigenvalue weighted by Gasteiger charge is -2.26. The van der Waals surface area contributed by atoms with Crippen LogP contribution < -0.4 is 5.32 Å². The van der Waals surface area contributed by atoms with Gasteiger partial charge in [-0.05, 0) is 44.2 Å². The number of hydrogen-bond donors (Lipinski definition) is 2. The van der Waals surface area contributed by atoms with E-state index in [2.05, 4.69) is 12.2 Å². The highest BCUT2D eigenvalue weighted by Crippen LogP contribution is 2.30. The predicted octanol–water partition coefficient (Wildman–Crippen LogP) is 3.59. The van der Waals surface area contributed by atoms with E-state index in [-0.39, 0.29) is 5.76 Å². The molecule has 0 amide bonds. The molecule has 2 N–H and O–H groups in total. The molecule has 1 saturated carbocycles. The van der Waals surface area contributed by atoms with Crippen LogP contribution in [-0.2, 0) is 6.54 Å². The van der Waals surface area contributed by atoms with Gasteiger partial charge in [0.1, 0.15) is 5.76 Å². The third-order valence-electron chi connectivity index (χ3n) is 4.24. The van der Waals surface area contributed by atoms with Gasteiger partial charge in [-0.25, -0.2) is 4.79 Å². The molecule has 2 rings (SSSR count). The summed E-state index contributed by atoms with van der Waals surface area (Å²) in [5, 5.41) is 12.3. The first-order valence-electron chi connectivity index (χ1n) is 7.59. The van der Waals surface area contributed by atoms with Crippen LogP contribution in [-0.4, -0.2) is 17.6 Å². The van der Waals surface area contributed by atoms with Crippen molar-refractivity contribution in [2.24, 2.45) is 11.8 Å². The second kappa shape index (κ2) is 6.93. The number of nitrogens with one attached hydrogen (secondary N) is 1. The summed E-state index contributed by atoms with van der Waals surface area (Å²) < 4.78 is 5.32. The Bertz CT molecular complexity index is 453. The van der Waals surface area contributed by atoms with Crippen molar-refractivity contribution in [3.63, 3.8) is 0 Å². The molecular formula is C16H25NO3. The monoisotopic (exact) mass is 279 g/mol. The molecular weight excluding hydrogens is 254 g/mol. The summed E-state index contributed by atoms with van der Waals surface area (Å²) in [7, 11) is 0. The Hall–Kier alpha value is -1.29. The molecule has 0 radical (unpaired) electrons. The summed E-state index contributed by atoms with van der Waals surface area (Å²) in [6, 6.07) is 1.80. The van der Waals surface area contributed by atoms with Crippen LogP contribution in [0.3, 0.4) is 0 Å². The maximum absolute atomic E-state index is 10.9. The number of hydrogen-bond acceptors (Lipinski definition) is 3. The van der Waals surface area contributed by atoms with Crippen molar-refractivity contribution >= 4 is 5.97 Å². The van der Waals surface area contributed by atoms with Crippen LogP contribution in [0.5, 0.6) is 0 Å². The van der Waals surface area contributed by atoms with Crippen molar-refractivity contribution in [2.45, 2.75) is 52.5 Å². The van der Waals surface area contributed by atoms with Gasteiger partial charge in [0.2, 0.25) is 5.76 Å². The SMILES string of the molecule is Cc1cc(CNCCC2CCCC(C)C2)oc1C(=O)O. The number of aryl methyl sites for hydroxylation is 1. The summed E-state index contributed by atoms with van der Waals surface area (Å²) in [4.78, 5) is 10.9. The highest BCUT2D eigenvalue weighted by Gasteiger charge is 2.18. The van der Waals surface area contributed by atoms with Gasteiger partial charge in [-0.2, -0.15) is 0 Å². The van der Waals surface area contributed by atoms with Crippen LogP contribution >= 0.6 is 0 Å². The Kier molecular flexibility index (Phi) is 5.24. The lowest BCUT2D eigenvalue weighted by molar-refractivity contribution is 0.0659. The van der Waals surface area contributed by atoms with Gasteiger partial charge in [0.15, 0.2) is 0 Å². The van der Waals surface area contributed by atoms with Crippen molar-refractivity contribution in [1.82, 2.24) is 5.32 Å². The van der Waals surface area contributed by atoms with E-state index in [0.29, 0.717) is 17.9 Å². The molecule has 0 aliphatic heterocycles. The maximum atomic E-state index is 10.9. The van der Waals surface area contributed by atoms with Crippen molar-refractivity contribution in [3.05, 3.63) is 23.2 Å². The highest BCUT2D eigenvalue weighted by atomic mass is 16.4. The summed E-state index contributed by atoms with van der Waals surface area (Å²) in [6.07, 6.45) is 6.66. The van der Waals surface area contributed by atoms with E-state index in [4.69, 9.17) is 9.52 Å². The van der Waals surface area contributed by atoms with Gasteiger partial charge >= 0.3 is 5.97 Å². The fourth-order valence-electron chi connectivity index (χ4n) is 3.19. The van der Waals surface area contributed by atoms with Gasteiger partial charge in [0.25, 0.3) is 0 Å². The summed E-state index contributed by atoms with van der Waals surface area (Å²) in [6.45, 7) is 5.69. The minimum absolute atomic E-state index is 0.0582. The standard InChI is InChI=1S/C16H25NO3/c1-11-4-3-5-13(8-11)6-7-17-10-14-9-12(2)15(20-14)16(18)19/h9,11,13,17H,3-8,10H2,1-2H3,(H,18,19). The van der Waals surface area contributed by atoms with Crippen LogP contribution in [0.1, 0.15) is 60.9 Å². The van der Waals surface area contributed by atoms with Crippen LogP contribution in [0, 0.1) is 18.8 Å². The van der Waals surface area contributed by atoms with Gasteiger partial charge in [0, 0.05) is 5.56 Å². The molecule has 0 bridgehead atoms. The van der Waals surface area contributed by atoms with Crippen molar-refractivity contribution in [2.75, 3.05) is 6.54 Å². The highest BCUT2D eigenvalue weighted by molar-refractivity contribution is 5.86. The number of aromatic carboxylic acids is 1. The fourth-order valence-corrected chi connectivity index (χ4v) is 3.19. The molecule has 1 fully saturated rings. The zero-order valence-electron chi connectivity index (χ0n) is 12.4. The maximum Gasteiger partial charge on any atom is 0.372 e.